The van der Waals surface area contributed by atoms with Gasteiger partial charge in [0.1, 0.15) is 13.2 Å². The van der Waals surface area contributed by atoms with Crippen LogP contribution in [0.4, 0.5) is 5.13 Å². The molecule has 1 aliphatic rings. The number of ether oxygens (including phenoxy) is 1. The number of rotatable bonds is 3. The summed E-state index contributed by atoms with van der Waals surface area (Å²) < 4.78 is 4.84. The van der Waals surface area contributed by atoms with E-state index in [1.807, 2.05) is 19.4 Å². The van der Waals surface area contributed by atoms with Gasteiger partial charge >= 0.3 is 0 Å². The van der Waals surface area contributed by atoms with Crippen molar-refractivity contribution in [3.05, 3.63) is 11.1 Å². The molecule has 2 heterocycles. The summed E-state index contributed by atoms with van der Waals surface area (Å²) in [5.41, 5.74) is 0.819. The molecule has 0 radical (unpaired) electrons. The third kappa shape index (κ3) is 2.36. The molecule has 0 aliphatic carbocycles. The molecule has 17 heavy (non-hydrogen) atoms. The molecule has 0 aromatic carbocycles. The third-order valence-corrected chi connectivity index (χ3v) is 3.37. The van der Waals surface area contributed by atoms with Crippen LogP contribution in [0.5, 0.6) is 0 Å². The highest BCUT2D eigenvalue weighted by atomic mass is 32.1. The first-order valence-corrected chi connectivity index (χ1v) is 6.07. The second-order valence-corrected chi connectivity index (χ2v) is 4.52. The summed E-state index contributed by atoms with van der Waals surface area (Å²) in [6.45, 7) is 1.83. The summed E-state index contributed by atoms with van der Waals surface area (Å²) in [5, 5.41) is 5.31. The first-order chi connectivity index (χ1) is 8.13. The van der Waals surface area contributed by atoms with Crippen molar-refractivity contribution in [2.45, 2.75) is 13.0 Å². The van der Waals surface area contributed by atoms with Crippen LogP contribution in [0, 0.1) is 0 Å². The number of carbonyl (C=O) groups excluding carboxylic acids is 2. The highest BCUT2D eigenvalue weighted by Gasteiger charge is 2.30. The van der Waals surface area contributed by atoms with E-state index in [4.69, 9.17) is 4.74 Å². The number of nitrogens with one attached hydrogen (secondary N) is 1. The van der Waals surface area contributed by atoms with Crippen LogP contribution in [0.2, 0.25) is 0 Å². The molecule has 1 N–H and O–H groups in total. The standard InChI is InChI=1S/C10H13N3O3S/c1-6(11-2)7-5-17-10(12-7)13-8(14)3-16-4-9(13)15/h5-6,11H,3-4H2,1-2H3. The minimum absolute atomic E-state index is 0.0672. The van der Waals surface area contributed by atoms with Crippen LogP contribution in [0.25, 0.3) is 0 Å². The quantitative estimate of drug-likeness (QED) is 0.787. The molecule has 1 aromatic rings. The monoisotopic (exact) mass is 255 g/mol. The van der Waals surface area contributed by atoms with Gasteiger partial charge in [0.05, 0.1) is 5.69 Å². The Balaban J connectivity index is 2.24. The van der Waals surface area contributed by atoms with Crippen molar-refractivity contribution >= 4 is 28.3 Å². The minimum Gasteiger partial charge on any atom is -0.362 e. The van der Waals surface area contributed by atoms with Crippen molar-refractivity contribution in [3.8, 4) is 0 Å². The topological polar surface area (TPSA) is 71.5 Å². The number of hydrogen-bond acceptors (Lipinski definition) is 6. The lowest BCUT2D eigenvalue weighted by atomic mass is 10.3. The van der Waals surface area contributed by atoms with Crippen LogP contribution < -0.4 is 10.2 Å². The van der Waals surface area contributed by atoms with Crippen LogP contribution in [0.3, 0.4) is 0 Å². The molecule has 1 saturated heterocycles. The maximum absolute atomic E-state index is 11.6. The zero-order valence-corrected chi connectivity index (χ0v) is 10.4. The van der Waals surface area contributed by atoms with Gasteiger partial charge in [0, 0.05) is 11.4 Å². The Morgan fingerprint density at radius 3 is 2.71 bits per heavy atom. The van der Waals surface area contributed by atoms with Gasteiger partial charge in [-0.3, -0.25) is 9.59 Å². The molecule has 2 rings (SSSR count). The largest absolute Gasteiger partial charge is 0.362 e. The van der Waals surface area contributed by atoms with E-state index in [1.165, 1.54) is 11.3 Å². The zero-order chi connectivity index (χ0) is 12.4. The molecule has 1 aliphatic heterocycles. The minimum atomic E-state index is -0.362. The normalized spacial score (nSPS) is 18.6. The maximum atomic E-state index is 11.6. The molecule has 6 nitrogen and oxygen atoms in total. The van der Waals surface area contributed by atoms with E-state index < -0.39 is 0 Å². The first kappa shape index (κ1) is 12.2. The summed E-state index contributed by atoms with van der Waals surface area (Å²) in [6, 6.07) is 0.0891. The summed E-state index contributed by atoms with van der Waals surface area (Å²) in [7, 11) is 1.83. The zero-order valence-electron chi connectivity index (χ0n) is 9.60. The molecule has 0 bridgehead atoms. The van der Waals surface area contributed by atoms with Gasteiger partial charge in [0.25, 0.3) is 11.8 Å². The molecule has 2 amide bonds. The fraction of sp³-hybridized carbons (Fsp3) is 0.500. The van der Waals surface area contributed by atoms with Crippen LogP contribution in [-0.2, 0) is 14.3 Å². The number of thiazole rings is 1. The van der Waals surface area contributed by atoms with Crippen LogP contribution in [0.1, 0.15) is 18.7 Å². The van der Waals surface area contributed by atoms with E-state index in [2.05, 4.69) is 10.3 Å². The van der Waals surface area contributed by atoms with Gasteiger partial charge in [-0.05, 0) is 14.0 Å². The molecule has 1 fully saturated rings. The van der Waals surface area contributed by atoms with Gasteiger partial charge in [0.15, 0.2) is 5.13 Å². The van der Waals surface area contributed by atoms with Crippen LogP contribution in [0.15, 0.2) is 5.38 Å². The lowest BCUT2D eigenvalue weighted by Gasteiger charge is -2.22. The Bertz CT molecular complexity index is 430. The first-order valence-electron chi connectivity index (χ1n) is 5.19. The number of morpholine rings is 1. The molecule has 92 valence electrons. The van der Waals surface area contributed by atoms with Gasteiger partial charge in [-0.25, -0.2) is 9.88 Å². The Morgan fingerprint density at radius 2 is 2.12 bits per heavy atom. The van der Waals surface area contributed by atoms with E-state index in [0.717, 1.165) is 10.6 Å². The van der Waals surface area contributed by atoms with Crippen LogP contribution >= 0.6 is 11.3 Å². The number of nitrogens with zero attached hydrogens (tertiary/aromatic N) is 2. The summed E-state index contributed by atoms with van der Waals surface area (Å²) in [6.07, 6.45) is 0. The molecule has 1 aromatic heterocycles. The van der Waals surface area contributed by atoms with Gasteiger partial charge in [-0.15, -0.1) is 11.3 Å². The lowest BCUT2D eigenvalue weighted by molar-refractivity contribution is -0.138. The maximum Gasteiger partial charge on any atom is 0.261 e. The van der Waals surface area contributed by atoms with Crippen molar-refractivity contribution in [3.63, 3.8) is 0 Å². The number of hydrogen-bond donors (Lipinski definition) is 1. The number of carbonyl (C=O) groups is 2. The summed E-state index contributed by atoms with van der Waals surface area (Å²) in [5.74, 6) is -0.724. The number of imide groups is 1. The summed E-state index contributed by atoms with van der Waals surface area (Å²) >= 11 is 1.28. The van der Waals surface area contributed by atoms with E-state index >= 15 is 0 Å². The third-order valence-electron chi connectivity index (χ3n) is 2.53. The van der Waals surface area contributed by atoms with Crippen molar-refractivity contribution in [2.24, 2.45) is 0 Å². The fourth-order valence-corrected chi connectivity index (χ4v) is 2.38. The van der Waals surface area contributed by atoms with Gasteiger partial charge in [-0.2, -0.15) is 0 Å². The Hall–Kier alpha value is -1.31. The Labute approximate surface area is 103 Å². The van der Waals surface area contributed by atoms with Crippen molar-refractivity contribution in [2.75, 3.05) is 25.2 Å². The van der Waals surface area contributed by atoms with Crippen molar-refractivity contribution < 1.29 is 14.3 Å². The molecular weight excluding hydrogens is 242 g/mol. The lowest BCUT2D eigenvalue weighted by Crippen LogP contribution is -2.46. The second-order valence-electron chi connectivity index (χ2n) is 3.68. The average molecular weight is 255 g/mol. The Morgan fingerprint density at radius 1 is 1.47 bits per heavy atom. The second kappa shape index (κ2) is 4.91. The molecule has 1 atom stereocenters. The SMILES string of the molecule is CNC(C)c1csc(N2C(=O)COCC2=O)n1. The number of amides is 2. The van der Waals surface area contributed by atoms with E-state index in [-0.39, 0.29) is 31.1 Å². The fourth-order valence-electron chi connectivity index (χ4n) is 1.43. The van der Waals surface area contributed by atoms with Gasteiger partial charge in [-0.1, -0.05) is 0 Å². The average Bonchev–Trinajstić information content (AvgIpc) is 2.77. The summed E-state index contributed by atoms with van der Waals surface area (Å²) in [4.78, 5) is 28.6. The van der Waals surface area contributed by atoms with E-state index in [0.29, 0.717) is 5.13 Å². The molecular formula is C10H13N3O3S. The highest BCUT2D eigenvalue weighted by molar-refractivity contribution is 7.14. The van der Waals surface area contributed by atoms with Crippen molar-refractivity contribution in [1.29, 1.82) is 0 Å². The van der Waals surface area contributed by atoms with E-state index in [9.17, 15) is 9.59 Å². The van der Waals surface area contributed by atoms with Gasteiger partial charge in [0.2, 0.25) is 0 Å². The molecule has 7 heteroatoms. The predicted molar refractivity (Wildman–Crippen MR) is 62.9 cm³/mol. The molecule has 1 unspecified atom stereocenters. The smallest absolute Gasteiger partial charge is 0.261 e. The molecule has 0 saturated carbocycles. The predicted octanol–water partition coefficient (Wildman–Crippen LogP) is 0.313. The Kier molecular flexibility index (Phi) is 3.51. The number of anilines is 1. The molecule has 0 spiro atoms. The van der Waals surface area contributed by atoms with E-state index in [1.54, 1.807) is 0 Å². The van der Waals surface area contributed by atoms with Crippen LogP contribution in [-0.4, -0.2) is 37.1 Å². The highest BCUT2D eigenvalue weighted by Crippen LogP contribution is 2.25. The van der Waals surface area contributed by atoms with Crippen molar-refractivity contribution in [1.82, 2.24) is 10.3 Å². The number of aromatic nitrogens is 1. The van der Waals surface area contributed by atoms with Gasteiger partial charge < -0.3 is 10.1 Å².